The Hall–Kier alpha value is -3.22. The van der Waals surface area contributed by atoms with Crippen molar-refractivity contribution in [3.05, 3.63) is 0 Å². The SMILES string of the molecule is CC(=O)N[C@H]1[C@H](O[C@H]2[C@H](O)[C@@H](NC(C)=O)C(O)O[C@@H]2CO)O[C@H](CO)[C@@H](O[C@@H]2O[C@H](CO[C@H]3O[C@H](CO)[C@@H](O)[C@H](O)[C@@H]3O[C@H]3O[C@H](CO)[C@@H](O)[C@H](O)[C@@H]3O[C@H]3O[C@H](CO)[C@@H](O)[C@H](O)[C@@H]3O)[C@@H](O)[C@H](O[C@H]3O[C@H](CO[C@H]4O[C@H](CO)[C@@H](O)[C@H](O)[C@@H]4O[C@H]4O[C@H](CO)[C@@H](O)[C@H](O)[C@@H]4O)[C@@H](O)[C@H](O[C@H]4O[C@H](CO)[C@@H](O)[C@H](O)[C@@H]4O[C@H]4O[C@H](CO)[C@@H](O)[C@H](O)[C@H]4O)[C@@H]3O)[C@@H]2O)[C@@H]1O. The number of amides is 2. The second kappa shape index (κ2) is 45.8. The molecule has 11 fully saturated rings. The summed E-state index contributed by atoms with van der Waals surface area (Å²) in [6.45, 7) is -10.9. The summed E-state index contributed by atoms with van der Waals surface area (Å²) in [5.41, 5.74) is 0. The number of nitrogens with one attached hydrogen (secondary N) is 2. The number of carbonyl (C=O) groups is 2. The Balaban J connectivity index is 0.969. The van der Waals surface area contributed by atoms with Crippen molar-refractivity contribution >= 4 is 11.8 Å². The quantitative estimate of drug-likeness (QED) is 0.0290. The number of hydrogen-bond acceptors (Lipinski definition) is 56. The molecule has 0 aromatic heterocycles. The summed E-state index contributed by atoms with van der Waals surface area (Å²) in [7, 11) is 0. The summed E-state index contributed by atoms with van der Waals surface area (Å²) in [6.07, 6.45) is -118. The summed E-state index contributed by atoms with van der Waals surface area (Å²) in [5, 5.41) is 373. The zero-order chi connectivity index (χ0) is 94.0. The zero-order valence-electron chi connectivity index (χ0n) is 67.7. The first-order valence-corrected chi connectivity index (χ1v) is 40.7. The van der Waals surface area contributed by atoms with Crippen LogP contribution in [-0.2, 0) is 109 Å². The van der Waals surface area contributed by atoms with Gasteiger partial charge < -0.3 is 279 Å². The molecule has 58 heteroatoms. The molecule has 0 aromatic rings. The van der Waals surface area contributed by atoms with Crippen molar-refractivity contribution in [2.75, 3.05) is 72.7 Å². The van der Waals surface area contributed by atoms with Crippen molar-refractivity contribution in [3.63, 3.8) is 0 Å². The van der Waals surface area contributed by atoms with Crippen LogP contribution < -0.4 is 10.6 Å². The number of aliphatic hydroxyl groups excluding tert-OH is 33. The van der Waals surface area contributed by atoms with E-state index in [9.17, 15) is 178 Å². The fourth-order valence-corrected chi connectivity index (χ4v) is 16.5. The highest BCUT2D eigenvalue weighted by molar-refractivity contribution is 5.73. The van der Waals surface area contributed by atoms with Crippen LogP contribution >= 0.6 is 0 Å². The predicted octanol–water partition coefficient (Wildman–Crippen LogP) is -24.7. The van der Waals surface area contributed by atoms with Crippen LogP contribution in [0.25, 0.3) is 0 Å². The van der Waals surface area contributed by atoms with Crippen molar-refractivity contribution < 1.29 is 278 Å². The first kappa shape index (κ1) is 105. The lowest BCUT2D eigenvalue weighted by atomic mass is 9.94. The third-order valence-corrected chi connectivity index (χ3v) is 23.8. The van der Waals surface area contributed by atoms with E-state index >= 15 is 0 Å². The average molecular weight is 1880 g/mol. The molecule has 11 heterocycles. The van der Waals surface area contributed by atoms with Crippen LogP contribution in [0.15, 0.2) is 0 Å². The molecule has 0 aliphatic carbocycles. The van der Waals surface area contributed by atoms with Crippen molar-refractivity contribution in [2.24, 2.45) is 0 Å². The molecule has 0 bridgehead atoms. The van der Waals surface area contributed by atoms with Gasteiger partial charge in [-0.15, -0.1) is 0 Å². The lowest BCUT2D eigenvalue weighted by molar-refractivity contribution is -0.406. The Morgan fingerprint density at radius 3 is 0.742 bits per heavy atom. The minimum Gasteiger partial charge on any atom is -0.394 e. The molecule has 11 rings (SSSR count). The van der Waals surface area contributed by atoms with Gasteiger partial charge in [0, 0.05) is 13.8 Å². The Kier molecular flexibility index (Phi) is 37.7. The number of rotatable bonds is 33. The minimum absolute atomic E-state index is 0.827. The molecule has 128 heavy (non-hydrogen) atoms. The molecule has 58 nitrogen and oxygen atoms in total. The lowest BCUT2D eigenvalue weighted by Gasteiger charge is -2.51. The zero-order valence-corrected chi connectivity index (χ0v) is 67.7. The first-order chi connectivity index (χ1) is 60.7. The van der Waals surface area contributed by atoms with Gasteiger partial charge in [-0.05, 0) is 0 Å². The summed E-state index contributed by atoms with van der Waals surface area (Å²) >= 11 is 0. The molecule has 11 aliphatic heterocycles. The van der Waals surface area contributed by atoms with Gasteiger partial charge >= 0.3 is 0 Å². The molecule has 2 amide bonds. The molecule has 11 saturated heterocycles. The maximum Gasteiger partial charge on any atom is 0.217 e. The van der Waals surface area contributed by atoms with Crippen LogP contribution in [-0.4, -0.2) is 591 Å². The highest BCUT2D eigenvalue weighted by atomic mass is 16.8. The van der Waals surface area contributed by atoms with Gasteiger partial charge in [0.05, 0.1) is 72.7 Å². The van der Waals surface area contributed by atoms with E-state index in [0.717, 1.165) is 13.8 Å². The Labute approximate surface area is 722 Å². The summed E-state index contributed by atoms with van der Waals surface area (Å²) in [5.74, 6) is -1.83. The number of carbonyl (C=O) groups excluding carboxylic acids is 2. The van der Waals surface area contributed by atoms with Crippen LogP contribution in [0.3, 0.4) is 0 Å². The van der Waals surface area contributed by atoms with Gasteiger partial charge in [-0.1, -0.05) is 0 Å². The second-order valence-electron chi connectivity index (χ2n) is 32.3. The Bertz CT molecular complexity index is 3380. The number of hydrogen-bond donors (Lipinski definition) is 35. The van der Waals surface area contributed by atoms with Gasteiger partial charge in [0.2, 0.25) is 11.8 Å². The van der Waals surface area contributed by atoms with Crippen LogP contribution in [0.5, 0.6) is 0 Å². The van der Waals surface area contributed by atoms with E-state index in [1.807, 2.05) is 0 Å². The van der Waals surface area contributed by atoms with E-state index in [2.05, 4.69) is 10.6 Å². The average Bonchev–Trinajstić information content (AvgIpc) is 0.758. The summed E-state index contributed by atoms with van der Waals surface area (Å²) < 4.78 is 124. The Morgan fingerprint density at radius 1 is 0.203 bits per heavy atom. The molecule has 0 aromatic carbocycles. The standard InChI is InChI=1S/C70H118N2O56/c1-14(82)71-27-38(93)52(23(10-80)110-60(27)107)121-61-28(72-15(2)83)39(94)53(24(11-81)118-61)122-65-50(105)54(36(91)25(119-65)12-109-68-57(44(99)33(88)20(7-77)115-68)128-70-59(46(101)35(90)22(9-79)117-70)127-64-49(104)42(97)31(86)18(5-75)113-64)123-66-51(106)55(124-69-58(45(100)34(89)21(8-78)116-69)126-63-48(103)41(96)30(85)17(4-74)112-63)37(92)26(120-66)13-108-67-56(43(98)32(87)19(6-76)114-67)125-62-47(102)40(95)29(84)16(3-73)111-62/h16-70,73-81,84-107H,3-13H2,1-2H3,(H,71,82)(H,72,83)/t16-,17-,18-,19-,20-,21-,22-,23-,24-,25-,26-,27-,28-,29-,30-,31-,32-,33-,34-,35-,36-,37-,38-,39-,40+,41+,42+,43+,44+,45+,46+,47+,48-,49+,50+,51+,52-,53-,54+,55+,56+,57+,58+,59+,60?,61+,62-,63-,64-,65+,66-,67+,68+,69-,70-/m1/s1. The molecule has 1 unspecified atom stereocenters. The van der Waals surface area contributed by atoms with Crippen molar-refractivity contribution in [1.29, 1.82) is 0 Å². The van der Waals surface area contributed by atoms with Gasteiger partial charge in [-0.25, -0.2) is 0 Å². The molecular formula is C70H118N2O56. The van der Waals surface area contributed by atoms with E-state index < -0.39 is 422 Å². The third kappa shape index (κ3) is 22.5. The monoisotopic (exact) mass is 1880 g/mol. The van der Waals surface area contributed by atoms with E-state index in [0.29, 0.717) is 0 Å². The highest BCUT2D eigenvalue weighted by Gasteiger charge is 2.62. The van der Waals surface area contributed by atoms with Crippen LogP contribution in [0.1, 0.15) is 13.8 Å². The molecule has 0 spiro atoms. The first-order valence-electron chi connectivity index (χ1n) is 40.7. The molecule has 0 radical (unpaired) electrons. The summed E-state index contributed by atoms with van der Waals surface area (Å²) in [4.78, 5) is 25.4. The molecule has 0 saturated carbocycles. The molecule has 55 atom stereocenters. The van der Waals surface area contributed by atoms with Gasteiger partial charge in [0.25, 0.3) is 0 Å². The van der Waals surface area contributed by atoms with E-state index in [1.165, 1.54) is 0 Å². The van der Waals surface area contributed by atoms with Gasteiger partial charge in [-0.2, -0.15) is 0 Å². The molecule has 744 valence electrons. The normalized spacial score (nSPS) is 51.7. The van der Waals surface area contributed by atoms with Crippen LogP contribution in [0, 0.1) is 0 Å². The van der Waals surface area contributed by atoms with E-state index in [1.54, 1.807) is 0 Å². The second-order valence-corrected chi connectivity index (χ2v) is 32.3. The van der Waals surface area contributed by atoms with E-state index in [4.69, 9.17) is 99.5 Å². The maximum atomic E-state index is 13.1. The van der Waals surface area contributed by atoms with Crippen molar-refractivity contribution in [2.45, 2.75) is 351 Å². The fraction of sp³-hybridized carbons (Fsp3) is 0.971. The van der Waals surface area contributed by atoms with Crippen molar-refractivity contribution in [1.82, 2.24) is 10.6 Å². The number of ether oxygens (including phenoxy) is 21. The molecular weight excluding hydrogens is 1760 g/mol. The molecule has 11 aliphatic rings. The van der Waals surface area contributed by atoms with Crippen LogP contribution in [0.2, 0.25) is 0 Å². The smallest absolute Gasteiger partial charge is 0.217 e. The maximum absolute atomic E-state index is 13.1. The molecule has 35 N–H and O–H groups in total. The van der Waals surface area contributed by atoms with E-state index in [-0.39, 0.29) is 0 Å². The number of aliphatic hydroxyl groups is 33. The van der Waals surface area contributed by atoms with Crippen molar-refractivity contribution in [3.8, 4) is 0 Å². The predicted molar refractivity (Wildman–Crippen MR) is 386 cm³/mol. The van der Waals surface area contributed by atoms with Gasteiger partial charge in [0.1, 0.15) is 268 Å². The summed E-state index contributed by atoms with van der Waals surface area (Å²) in [6, 6.07) is -3.72. The van der Waals surface area contributed by atoms with Gasteiger partial charge in [0.15, 0.2) is 69.2 Å². The van der Waals surface area contributed by atoms with Crippen LogP contribution in [0.4, 0.5) is 0 Å². The minimum atomic E-state index is -2.76. The lowest BCUT2D eigenvalue weighted by Crippen LogP contribution is -2.70. The highest BCUT2D eigenvalue weighted by Crippen LogP contribution is 2.42. The Morgan fingerprint density at radius 2 is 0.422 bits per heavy atom. The van der Waals surface area contributed by atoms with Gasteiger partial charge in [-0.3, -0.25) is 9.59 Å². The third-order valence-electron chi connectivity index (χ3n) is 23.8. The topological polar surface area (TPSA) is 920 Å². The largest absolute Gasteiger partial charge is 0.394 e. The fourth-order valence-electron chi connectivity index (χ4n) is 16.5.